The second kappa shape index (κ2) is 7.53. The van der Waals surface area contributed by atoms with E-state index >= 15 is 0 Å². The predicted octanol–water partition coefficient (Wildman–Crippen LogP) is 3.02. The summed E-state index contributed by atoms with van der Waals surface area (Å²) in [7, 11) is 1.62. The van der Waals surface area contributed by atoms with E-state index in [0.717, 1.165) is 11.3 Å². The summed E-state index contributed by atoms with van der Waals surface area (Å²) >= 11 is 0. The van der Waals surface area contributed by atoms with Crippen LogP contribution in [0.3, 0.4) is 0 Å². The summed E-state index contributed by atoms with van der Waals surface area (Å²) in [6, 6.07) is 1.80. The SMILES string of the molecule is COc1ccncc1C=CCCNC(=O)OC(C)(C)C. The van der Waals surface area contributed by atoms with Crippen LogP contribution in [0.1, 0.15) is 32.8 Å². The molecule has 0 bridgehead atoms. The molecule has 0 aromatic carbocycles. The monoisotopic (exact) mass is 278 g/mol. The zero-order valence-corrected chi connectivity index (χ0v) is 12.5. The van der Waals surface area contributed by atoms with Gasteiger partial charge in [-0.1, -0.05) is 12.2 Å². The van der Waals surface area contributed by atoms with Crippen LogP contribution >= 0.6 is 0 Å². The molecule has 0 radical (unpaired) electrons. The maximum Gasteiger partial charge on any atom is 0.407 e. The molecule has 5 heteroatoms. The lowest BCUT2D eigenvalue weighted by molar-refractivity contribution is 0.0529. The summed E-state index contributed by atoms with van der Waals surface area (Å²) in [5, 5.41) is 2.69. The molecule has 0 aliphatic carbocycles. The van der Waals surface area contributed by atoms with Crippen LogP contribution in [-0.4, -0.2) is 30.3 Å². The molecular formula is C15H22N2O3. The Morgan fingerprint density at radius 2 is 2.20 bits per heavy atom. The molecule has 0 unspecified atom stereocenters. The number of ether oxygens (including phenoxy) is 2. The highest BCUT2D eigenvalue weighted by molar-refractivity contribution is 5.67. The molecule has 0 spiro atoms. The van der Waals surface area contributed by atoms with Gasteiger partial charge in [-0.15, -0.1) is 0 Å². The Morgan fingerprint density at radius 3 is 2.85 bits per heavy atom. The lowest BCUT2D eigenvalue weighted by Crippen LogP contribution is -2.32. The first-order valence-electron chi connectivity index (χ1n) is 6.54. The van der Waals surface area contributed by atoms with Crippen molar-refractivity contribution in [3.63, 3.8) is 0 Å². The average Bonchev–Trinajstić information content (AvgIpc) is 2.36. The quantitative estimate of drug-likeness (QED) is 0.841. The van der Waals surface area contributed by atoms with E-state index in [9.17, 15) is 4.79 Å². The number of carbonyl (C=O) groups excluding carboxylic acids is 1. The van der Waals surface area contributed by atoms with Crippen LogP contribution < -0.4 is 10.1 Å². The minimum Gasteiger partial charge on any atom is -0.496 e. The molecule has 0 saturated heterocycles. The molecule has 1 N–H and O–H groups in total. The molecule has 0 aliphatic rings. The van der Waals surface area contributed by atoms with Crippen molar-refractivity contribution in [1.29, 1.82) is 0 Å². The zero-order valence-electron chi connectivity index (χ0n) is 12.5. The van der Waals surface area contributed by atoms with Gasteiger partial charge >= 0.3 is 6.09 Å². The molecule has 1 aromatic heterocycles. The Bertz CT molecular complexity index is 464. The Kier molecular flexibility index (Phi) is 6.03. The Labute approximate surface area is 120 Å². The van der Waals surface area contributed by atoms with Crippen LogP contribution in [0.15, 0.2) is 24.5 Å². The number of rotatable bonds is 5. The van der Waals surface area contributed by atoms with E-state index in [1.807, 2.05) is 32.9 Å². The molecule has 0 atom stereocenters. The van der Waals surface area contributed by atoms with Crippen molar-refractivity contribution in [3.8, 4) is 5.75 Å². The number of methoxy groups -OCH3 is 1. The number of hydrogen-bond donors (Lipinski definition) is 1. The lowest BCUT2D eigenvalue weighted by atomic mass is 10.2. The van der Waals surface area contributed by atoms with Gasteiger partial charge in [0.25, 0.3) is 0 Å². The Morgan fingerprint density at radius 1 is 1.45 bits per heavy atom. The van der Waals surface area contributed by atoms with Gasteiger partial charge in [0.1, 0.15) is 11.4 Å². The van der Waals surface area contributed by atoms with E-state index in [-0.39, 0.29) is 0 Å². The molecule has 1 rings (SSSR count). The number of aromatic nitrogens is 1. The van der Waals surface area contributed by atoms with Gasteiger partial charge in [0, 0.05) is 24.5 Å². The smallest absolute Gasteiger partial charge is 0.407 e. The van der Waals surface area contributed by atoms with E-state index < -0.39 is 11.7 Å². The van der Waals surface area contributed by atoms with E-state index in [1.54, 1.807) is 25.6 Å². The maximum atomic E-state index is 11.4. The highest BCUT2D eigenvalue weighted by atomic mass is 16.6. The van der Waals surface area contributed by atoms with Crippen molar-refractivity contribution in [2.24, 2.45) is 0 Å². The fraction of sp³-hybridized carbons (Fsp3) is 0.467. The van der Waals surface area contributed by atoms with Crippen molar-refractivity contribution >= 4 is 12.2 Å². The summed E-state index contributed by atoms with van der Waals surface area (Å²) in [5.41, 5.74) is 0.440. The van der Waals surface area contributed by atoms with Gasteiger partial charge in [-0.05, 0) is 33.3 Å². The normalized spacial score (nSPS) is 11.4. The van der Waals surface area contributed by atoms with Gasteiger partial charge < -0.3 is 14.8 Å². The first kappa shape index (κ1) is 16.0. The van der Waals surface area contributed by atoms with Gasteiger partial charge in [-0.25, -0.2) is 4.79 Å². The molecule has 0 fully saturated rings. The first-order chi connectivity index (χ1) is 9.42. The third-order valence-electron chi connectivity index (χ3n) is 2.31. The fourth-order valence-electron chi connectivity index (χ4n) is 1.49. The van der Waals surface area contributed by atoms with Crippen molar-refractivity contribution in [2.75, 3.05) is 13.7 Å². The van der Waals surface area contributed by atoms with E-state index in [0.29, 0.717) is 13.0 Å². The Balaban J connectivity index is 2.34. The molecule has 0 saturated carbocycles. The number of nitrogens with zero attached hydrogens (tertiary/aromatic N) is 1. The summed E-state index contributed by atoms with van der Waals surface area (Å²) in [5.74, 6) is 0.774. The summed E-state index contributed by atoms with van der Waals surface area (Å²) in [4.78, 5) is 15.4. The molecule has 5 nitrogen and oxygen atoms in total. The van der Waals surface area contributed by atoms with Gasteiger partial charge in [0.15, 0.2) is 0 Å². The molecule has 1 aromatic rings. The molecule has 1 amide bonds. The number of alkyl carbamates (subject to hydrolysis) is 1. The third-order valence-corrected chi connectivity index (χ3v) is 2.31. The second-order valence-corrected chi connectivity index (χ2v) is 5.24. The van der Waals surface area contributed by atoms with Crippen molar-refractivity contribution < 1.29 is 14.3 Å². The fourth-order valence-corrected chi connectivity index (χ4v) is 1.49. The van der Waals surface area contributed by atoms with Gasteiger partial charge in [-0.2, -0.15) is 0 Å². The third kappa shape index (κ3) is 6.22. The first-order valence-corrected chi connectivity index (χ1v) is 6.54. The number of pyridine rings is 1. The largest absolute Gasteiger partial charge is 0.496 e. The van der Waals surface area contributed by atoms with E-state index in [4.69, 9.17) is 9.47 Å². The van der Waals surface area contributed by atoms with E-state index in [1.165, 1.54) is 0 Å². The minimum atomic E-state index is -0.469. The van der Waals surface area contributed by atoms with Crippen molar-refractivity contribution in [1.82, 2.24) is 10.3 Å². The average molecular weight is 278 g/mol. The zero-order chi connectivity index (χ0) is 15.0. The van der Waals surface area contributed by atoms with Crippen LogP contribution in [0.2, 0.25) is 0 Å². The Hall–Kier alpha value is -2.04. The molecular weight excluding hydrogens is 256 g/mol. The van der Waals surface area contributed by atoms with Crippen LogP contribution in [0.25, 0.3) is 6.08 Å². The highest BCUT2D eigenvalue weighted by Gasteiger charge is 2.15. The number of nitrogens with one attached hydrogen (secondary N) is 1. The van der Waals surface area contributed by atoms with Gasteiger partial charge in [0.2, 0.25) is 0 Å². The van der Waals surface area contributed by atoms with E-state index in [2.05, 4.69) is 10.3 Å². The lowest BCUT2D eigenvalue weighted by Gasteiger charge is -2.19. The summed E-state index contributed by atoms with van der Waals surface area (Å²) in [6.45, 7) is 6.03. The van der Waals surface area contributed by atoms with Gasteiger partial charge in [-0.3, -0.25) is 4.98 Å². The molecule has 110 valence electrons. The van der Waals surface area contributed by atoms with Gasteiger partial charge in [0.05, 0.1) is 7.11 Å². The highest BCUT2D eigenvalue weighted by Crippen LogP contribution is 2.17. The van der Waals surface area contributed by atoms with Crippen LogP contribution in [0.5, 0.6) is 5.75 Å². The van der Waals surface area contributed by atoms with Crippen LogP contribution in [-0.2, 0) is 4.74 Å². The van der Waals surface area contributed by atoms with Crippen molar-refractivity contribution in [2.45, 2.75) is 32.8 Å². The predicted molar refractivity (Wildman–Crippen MR) is 78.7 cm³/mol. The summed E-state index contributed by atoms with van der Waals surface area (Å²) < 4.78 is 10.3. The van der Waals surface area contributed by atoms with Crippen LogP contribution in [0, 0.1) is 0 Å². The summed E-state index contributed by atoms with van der Waals surface area (Å²) in [6.07, 6.45) is 7.60. The number of hydrogen-bond acceptors (Lipinski definition) is 4. The number of carbonyl (C=O) groups is 1. The molecule has 20 heavy (non-hydrogen) atoms. The molecule has 1 heterocycles. The topological polar surface area (TPSA) is 60.5 Å². The standard InChI is InChI=1S/C15H22N2O3/c1-15(2,3)20-14(18)17-9-6-5-7-12-11-16-10-8-13(12)19-4/h5,7-8,10-11H,6,9H2,1-4H3,(H,17,18). The van der Waals surface area contributed by atoms with Crippen LogP contribution in [0.4, 0.5) is 4.79 Å². The number of amides is 1. The maximum absolute atomic E-state index is 11.4. The minimum absolute atomic E-state index is 0.398. The van der Waals surface area contributed by atoms with Crippen molar-refractivity contribution in [3.05, 3.63) is 30.1 Å². The molecule has 0 aliphatic heterocycles. The second-order valence-electron chi connectivity index (χ2n) is 5.24.